The van der Waals surface area contributed by atoms with E-state index in [-0.39, 0.29) is 35.8 Å². The average molecular weight is 384 g/mol. The van der Waals surface area contributed by atoms with E-state index in [1.54, 1.807) is 29.1 Å². The fourth-order valence-electron chi connectivity index (χ4n) is 2.77. The number of aromatic nitrogens is 2. The van der Waals surface area contributed by atoms with Crippen LogP contribution in [0.1, 0.15) is 41.9 Å². The molecular formula is C19H20N4O5. The molecule has 1 atom stereocenters. The third kappa shape index (κ3) is 4.20. The van der Waals surface area contributed by atoms with Gasteiger partial charge in [0.25, 0.3) is 5.91 Å². The number of rotatable bonds is 8. The summed E-state index contributed by atoms with van der Waals surface area (Å²) in [6.45, 7) is 4.51. The van der Waals surface area contributed by atoms with Gasteiger partial charge >= 0.3 is 5.69 Å². The summed E-state index contributed by atoms with van der Waals surface area (Å²) in [5, 5.41) is 18.1. The number of nitro benzene ring substituents is 1. The Morgan fingerprint density at radius 3 is 2.86 bits per heavy atom. The maximum absolute atomic E-state index is 12.4. The Bertz CT molecular complexity index is 978. The van der Waals surface area contributed by atoms with Crippen LogP contribution in [0, 0.1) is 10.1 Å². The lowest BCUT2D eigenvalue weighted by Crippen LogP contribution is -2.28. The molecule has 2 heterocycles. The molecule has 9 heteroatoms. The number of furan rings is 1. The molecule has 0 aliphatic heterocycles. The molecule has 1 N–H and O–H groups in total. The van der Waals surface area contributed by atoms with Crippen molar-refractivity contribution in [3.63, 3.8) is 0 Å². The first-order valence-corrected chi connectivity index (χ1v) is 8.77. The smallest absolute Gasteiger partial charge is 0.310 e. The lowest BCUT2D eigenvalue weighted by Gasteiger charge is -2.14. The minimum atomic E-state index is -0.515. The van der Waals surface area contributed by atoms with Gasteiger partial charge in [0.15, 0.2) is 11.5 Å². The lowest BCUT2D eigenvalue weighted by atomic mass is 10.2. The van der Waals surface area contributed by atoms with Crippen molar-refractivity contribution in [1.29, 1.82) is 0 Å². The molecule has 0 aliphatic carbocycles. The number of para-hydroxylation sites is 2. The third-order valence-electron chi connectivity index (χ3n) is 4.16. The van der Waals surface area contributed by atoms with Gasteiger partial charge in [-0.05, 0) is 38.1 Å². The number of carbonyl (C=O) groups excluding carboxylic acids is 1. The van der Waals surface area contributed by atoms with Crippen molar-refractivity contribution in [1.82, 2.24) is 15.1 Å². The first kappa shape index (κ1) is 19.2. The predicted molar refractivity (Wildman–Crippen MR) is 99.9 cm³/mol. The monoisotopic (exact) mass is 384 g/mol. The Kier molecular flexibility index (Phi) is 5.73. The van der Waals surface area contributed by atoms with Crippen LogP contribution in [0.2, 0.25) is 0 Å². The number of aryl methyl sites for hydroxylation is 1. The molecule has 9 nitrogen and oxygen atoms in total. The molecule has 3 rings (SSSR count). The Labute approximate surface area is 161 Å². The molecule has 3 aromatic rings. The van der Waals surface area contributed by atoms with E-state index in [2.05, 4.69) is 10.4 Å². The van der Waals surface area contributed by atoms with Crippen LogP contribution in [-0.4, -0.2) is 20.6 Å². The summed E-state index contributed by atoms with van der Waals surface area (Å²) in [5.41, 5.74) is 0.760. The van der Waals surface area contributed by atoms with Crippen molar-refractivity contribution in [2.75, 3.05) is 0 Å². The van der Waals surface area contributed by atoms with Crippen molar-refractivity contribution in [3.05, 3.63) is 76.0 Å². The van der Waals surface area contributed by atoms with Crippen LogP contribution < -0.4 is 10.1 Å². The molecule has 1 aromatic carbocycles. The van der Waals surface area contributed by atoms with Crippen LogP contribution >= 0.6 is 0 Å². The van der Waals surface area contributed by atoms with Gasteiger partial charge in [-0.1, -0.05) is 12.1 Å². The number of hydrogen-bond donors (Lipinski definition) is 1. The first-order chi connectivity index (χ1) is 13.5. The molecule has 146 valence electrons. The summed E-state index contributed by atoms with van der Waals surface area (Å²) in [6, 6.07) is 10.8. The zero-order valence-corrected chi connectivity index (χ0v) is 15.5. The summed E-state index contributed by atoms with van der Waals surface area (Å²) < 4.78 is 12.8. The lowest BCUT2D eigenvalue weighted by molar-refractivity contribution is -0.386. The summed E-state index contributed by atoms with van der Waals surface area (Å²) in [7, 11) is 0. The molecule has 0 spiro atoms. The predicted octanol–water partition coefficient (Wildman–Crippen LogP) is 3.47. The van der Waals surface area contributed by atoms with Crippen molar-refractivity contribution in [3.8, 4) is 5.75 Å². The zero-order valence-electron chi connectivity index (χ0n) is 15.5. The Balaban J connectivity index is 1.62. The van der Waals surface area contributed by atoms with Crippen LogP contribution in [0.3, 0.4) is 0 Å². The van der Waals surface area contributed by atoms with Crippen LogP contribution in [-0.2, 0) is 13.2 Å². The van der Waals surface area contributed by atoms with E-state index >= 15 is 0 Å². The number of benzene rings is 1. The van der Waals surface area contributed by atoms with E-state index in [1.165, 1.54) is 18.2 Å². The highest BCUT2D eigenvalue weighted by Gasteiger charge is 2.18. The summed E-state index contributed by atoms with van der Waals surface area (Å²) >= 11 is 0. The maximum atomic E-state index is 12.4. The molecule has 0 radical (unpaired) electrons. The second-order valence-corrected chi connectivity index (χ2v) is 6.05. The fourth-order valence-corrected chi connectivity index (χ4v) is 2.77. The van der Waals surface area contributed by atoms with Crippen LogP contribution in [0.4, 0.5) is 5.69 Å². The molecule has 2 aromatic heterocycles. The molecular weight excluding hydrogens is 364 g/mol. The van der Waals surface area contributed by atoms with E-state index in [1.807, 2.05) is 19.9 Å². The van der Waals surface area contributed by atoms with Gasteiger partial charge in [0.1, 0.15) is 12.4 Å². The number of carbonyl (C=O) groups is 1. The van der Waals surface area contributed by atoms with Gasteiger partial charge in [0.2, 0.25) is 0 Å². The summed E-state index contributed by atoms with van der Waals surface area (Å²) in [5.74, 6) is 0.287. The quantitative estimate of drug-likeness (QED) is 0.470. The van der Waals surface area contributed by atoms with E-state index in [9.17, 15) is 14.9 Å². The van der Waals surface area contributed by atoms with Gasteiger partial charge in [-0.15, -0.1) is 0 Å². The molecule has 0 aliphatic rings. The second-order valence-electron chi connectivity index (χ2n) is 6.05. The number of amides is 1. The van der Waals surface area contributed by atoms with Crippen LogP contribution in [0.15, 0.2) is 53.1 Å². The van der Waals surface area contributed by atoms with E-state index in [0.717, 1.165) is 5.69 Å². The Morgan fingerprint density at radius 1 is 1.32 bits per heavy atom. The summed E-state index contributed by atoms with van der Waals surface area (Å²) in [4.78, 5) is 22.9. The molecule has 0 saturated carbocycles. The largest absolute Gasteiger partial charge is 0.479 e. The van der Waals surface area contributed by atoms with Crippen molar-refractivity contribution in [2.24, 2.45) is 0 Å². The standard InChI is InChI=1S/C19H20N4O5/c1-3-22-15(10-11-20-22)13(2)21-19(24)18-9-8-14(28-18)12-27-17-7-5-4-6-16(17)23(25)26/h4-11,13H,3,12H2,1-2H3,(H,21,24). The highest BCUT2D eigenvalue weighted by Crippen LogP contribution is 2.27. The molecule has 0 bridgehead atoms. The fraction of sp³-hybridized carbons (Fsp3) is 0.263. The Morgan fingerprint density at radius 2 is 2.11 bits per heavy atom. The van der Waals surface area contributed by atoms with Crippen molar-refractivity contribution < 1.29 is 18.9 Å². The number of nitrogens with one attached hydrogen (secondary N) is 1. The maximum Gasteiger partial charge on any atom is 0.310 e. The van der Waals surface area contributed by atoms with Crippen LogP contribution in [0.5, 0.6) is 5.75 Å². The van der Waals surface area contributed by atoms with Crippen molar-refractivity contribution in [2.45, 2.75) is 33.0 Å². The van der Waals surface area contributed by atoms with Gasteiger partial charge in [0, 0.05) is 18.8 Å². The third-order valence-corrected chi connectivity index (χ3v) is 4.16. The number of nitrogens with zero attached hydrogens (tertiary/aromatic N) is 3. The highest BCUT2D eigenvalue weighted by atomic mass is 16.6. The zero-order chi connectivity index (χ0) is 20.1. The number of nitro groups is 1. The van der Waals surface area contributed by atoms with Gasteiger partial charge in [-0.3, -0.25) is 19.6 Å². The van der Waals surface area contributed by atoms with Gasteiger partial charge in [-0.2, -0.15) is 5.10 Å². The van der Waals surface area contributed by atoms with E-state index in [4.69, 9.17) is 9.15 Å². The molecule has 0 saturated heterocycles. The molecule has 0 fully saturated rings. The second kappa shape index (κ2) is 8.38. The number of ether oxygens (including phenoxy) is 1. The molecule has 1 unspecified atom stereocenters. The SMILES string of the molecule is CCn1nccc1C(C)NC(=O)c1ccc(COc2ccccc2[N+](=O)[O-])o1. The average Bonchev–Trinajstić information content (AvgIpc) is 3.35. The van der Waals surface area contributed by atoms with Gasteiger partial charge in [-0.25, -0.2) is 0 Å². The topological polar surface area (TPSA) is 112 Å². The minimum absolute atomic E-state index is 0.0315. The van der Waals surface area contributed by atoms with Crippen LogP contribution in [0.25, 0.3) is 0 Å². The van der Waals surface area contributed by atoms with Gasteiger partial charge < -0.3 is 14.5 Å². The highest BCUT2D eigenvalue weighted by molar-refractivity contribution is 5.91. The summed E-state index contributed by atoms with van der Waals surface area (Å²) in [6.07, 6.45) is 1.69. The van der Waals surface area contributed by atoms with E-state index in [0.29, 0.717) is 12.3 Å². The normalized spacial score (nSPS) is 11.8. The van der Waals surface area contributed by atoms with Gasteiger partial charge in [0.05, 0.1) is 16.7 Å². The van der Waals surface area contributed by atoms with E-state index < -0.39 is 4.92 Å². The number of hydrogen-bond acceptors (Lipinski definition) is 6. The molecule has 28 heavy (non-hydrogen) atoms. The van der Waals surface area contributed by atoms with Crippen molar-refractivity contribution >= 4 is 11.6 Å². The Hall–Kier alpha value is -3.62. The molecule has 1 amide bonds. The first-order valence-electron chi connectivity index (χ1n) is 8.77. The minimum Gasteiger partial charge on any atom is -0.479 e.